The molecule has 2 rings (SSSR count). The highest BCUT2D eigenvalue weighted by Crippen LogP contribution is 2.38. The molecular formula is C14H27NOS. The standard InChI is InChI=1S/C14H27NOS/c1-3-11(2)17-13-5-4-8-14(9-13,10-16)15-12-6-7-12/h11-13,15-16H,3-10H2,1-2H3. The molecular weight excluding hydrogens is 230 g/mol. The third kappa shape index (κ3) is 3.87. The van der Waals surface area contributed by atoms with E-state index >= 15 is 0 Å². The van der Waals surface area contributed by atoms with Gasteiger partial charge in [-0.3, -0.25) is 0 Å². The fraction of sp³-hybridized carbons (Fsp3) is 1.00. The summed E-state index contributed by atoms with van der Waals surface area (Å²) >= 11 is 2.13. The number of nitrogens with one attached hydrogen (secondary N) is 1. The van der Waals surface area contributed by atoms with Gasteiger partial charge < -0.3 is 10.4 Å². The minimum atomic E-state index is 0.0462. The van der Waals surface area contributed by atoms with Crippen LogP contribution in [-0.4, -0.2) is 33.8 Å². The average Bonchev–Trinajstić information content (AvgIpc) is 3.13. The molecule has 2 N–H and O–H groups in total. The fourth-order valence-electron chi connectivity index (χ4n) is 2.83. The summed E-state index contributed by atoms with van der Waals surface area (Å²) in [6.07, 6.45) is 8.81. The van der Waals surface area contributed by atoms with Gasteiger partial charge in [0.2, 0.25) is 0 Å². The first-order valence-electron chi connectivity index (χ1n) is 7.21. The molecule has 0 spiro atoms. The molecule has 0 aromatic carbocycles. The summed E-state index contributed by atoms with van der Waals surface area (Å²) in [5, 5.41) is 15.0. The van der Waals surface area contributed by atoms with Crippen molar-refractivity contribution in [1.82, 2.24) is 5.32 Å². The molecule has 17 heavy (non-hydrogen) atoms. The summed E-state index contributed by atoms with van der Waals surface area (Å²) in [7, 11) is 0. The largest absolute Gasteiger partial charge is 0.394 e. The van der Waals surface area contributed by atoms with Crippen molar-refractivity contribution in [1.29, 1.82) is 0 Å². The molecule has 100 valence electrons. The molecule has 0 heterocycles. The summed E-state index contributed by atoms with van der Waals surface area (Å²) in [4.78, 5) is 0. The Hall–Kier alpha value is 0.270. The van der Waals surface area contributed by atoms with E-state index in [2.05, 4.69) is 30.9 Å². The number of thioether (sulfide) groups is 1. The lowest BCUT2D eigenvalue weighted by Gasteiger charge is -2.41. The van der Waals surface area contributed by atoms with Crippen molar-refractivity contribution >= 4 is 11.8 Å². The predicted molar refractivity (Wildman–Crippen MR) is 75.6 cm³/mol. The SMILES string of the molecule is CCC(C)SC1CCCC(CO)(NC2CC2)C1. The maximum atomic E-state index is 9.76. The fourth-order valence-corrected chi connectivity index (χ4v) is 4.40. The Labute approximate surface area is 110 Å². The van der Waals surface area contributed by atoms with Crippen LogP contribution in [0.2, 0.25) is 0 Å². The van der Waals surface area contributed by atoms with Gasteiger partial charge in [0.25, 0.3) is 0 Å². The van der Waals surface area contributed by atoms with Crippen LogP contribution >= 0.6 is 11.8 Å². The second-order valence-corrected chi connectivity index (χ2v) is 7.67. The van der Waals surface area contributed by atoms with Crippen molar-refractivity contribution in [2.24, 2.45) is 0 Å². The van der Waals surface area contributed by atoms with E-state index in [0.717, 1.165) is 23.3 Å². The molecule has 0 aromatic heterocycles. The minimum Gasteiger partial charge on any atom is -0.394 e. The van der Waals surface area contributed by atoms with Gasteiger partial charge in [0.05, 0.1) is 6.61 Å². The number of aliphatic hydroxyl groups is 1. The van der Waals surface area contributed by atoms with E-state index < -0.39 is 0 Å². The van der Waals surface area contributed by atoms with E-state index in [0.29, 0.717) is 12.6 Å². The third-order valence-electron chi connectivity index (χ3n) is 4.19. The molecule has 0 radical (unpaired) electrons. The molecule has 0 amide bonds. The highest BCUT2D eigenvalue weighted by molar-refractivity contribution is 8.00. The molecule has 0 saturated heterocycles. The quantitative estimate of drug-likeness (QED) is 0.767. The zero-order chi connectivity index (χ0) is 12.3. The molecule has 2 fully saturated rings. The highest BCUT2D eigenvalue weighted by atomic mass is 32.2. The zero-order valence-corrected chi connectivity index (χ0v) is 12.1. The van der Waals surface area contributed by atoms with Gasteiger partial charge in [-0.1, -0.05) is 20.3 Å². The molecule has 3 heteroatoms. The lowest BCUT2D eigenvalue weighted by molar-refractivity contribution is 0.121. The smallest absolute Gasteiger partial charge is 0.0613 e. The second kappa shape index (κ2) is 5.94. The van der Waals surface area contributed by atoms with Crippen molar-refractivity contribution in [2.75, 3.05) is 6.61 Å². The molecule has 3 atom stereocenters. The van der Waals surface area contributed by atoms with Crippen LogP contribution in [0, 0.1) is 0 Å². The predicted octanol–water partition coefficient (Wildman–Crippen LogP) is 2.94. The molecule has 2 saturated carbocycles. The van der Waals surface area contributed by atoms with Gasteiger partial charge in [0, 0.05) is 22.1 Å². The Balaban J connectivity index is 1.88. The van der Waals surface area contributed by atoms with Crippen molar-refractivity contribution in [3.05, 3.63) is 0 Å². The van der Waals surface area contributed by atoms with E-state index in [4.69, 9.17) is 0 Å². The van der Waals surface area contributed by atoms with E-state index in [1.807, 2.05) is 0 Å². The number of hydrogen-bond acceptors (Lipinski definition) is 3. The summed E-state index contributed by atoms with van der Waals surface area (Å²) in [5.74, 6) is 0. The Bertz CT molecular complexity index is 244. The summed E-state index contributed by atoms with van der Waals surface area (Å²) in [6.45, 7) is 4.91. The Morgan fingerprint density at radius 1 is 1.41 bits per heavy atom. The van der Waals surface area contributed by atoms with Crippen molar-refractivity contribution in [2.45, 2.75) is 80.9 Å². The maximum absolute atomic E-state index is 9.76. The first-order valence-corrected chi connectivity index (χ1v) is 8.16. The van der Waals surface area contributed by atoms with Gasteiger partial charge in [0.1, 0.15) is 0 Å². The van der Waals surface area contributed by atoms with Crippen molar-refractivity contribution < 1.29 is 5.11 Å². The molecule has 0 aromatic rings. The highest BCUT2D eigenvalue weighted by Gasteiger charge is 2.40. The summed E-state index contributed by atoms with van der Waals surface area (Å²) in [5.41, 5.74) is 0.0462. The van der Waals surface area contributed by atoms with E-state index in [1.54, 1.807) is 0 Å². The molecule has 2 aliphatic rings. The monoisotopic (exact) mass is 257 g/mol. The lowest BCUT2D eigenvalue weighted by atomic mass is 9.82. The zero-order valence-electron chi connectivity index (χ0n) is 11.2. The Morgan fingerprint density at radius 3 is 2.76 bits per heavy atom. The normalized spacial score (nSPS) is 35.8. The molecule has 3 unspecified atom stereocenters. The van der Waals surface area contributed by atoms with Crippen LogP contribution in [-0.2, 0) is 0 Å². The van der Waals surface area contributed by atoms with Crippen LogP contribution in [0.1, 0.15) is 58.8 Å². The first kappa shape index (κ1) is 13.7. The van der Waals surface area contributed by atoms with Gasteiger partial charge in [-0.25, -0.2) is 0 Å². The Kier molecular flexibility index (Phi) is 4.79. The number of rotatable bonds is 6. The first-order chi connectivity index (χ1) is 8.17. The molecule has 2 aliphatic carbocycles. The molecule has 2 nitrogen and oxygen atoms in total. The average molecular weight is 257 g/mol. The molecule has 0 aliphatic heterocycles. The van der Waals surface area contributed by atoms with Gasteiger partial charge in [-0.2, -0.15) is 11.8 Å². The Morgan fingerprint density at radius 2 is 2.18 bits per heavy atom. The number of aliphatic hydroxyl groups excluding tert-OH is 1. The van der Waals surface area contributed by atoms with Crippen LogP contribution in [0.5, 0.6) is 0 Å². The van der Waals surface area contributed by atoms with E-state index in [-0.39, 0.29) is 5.54 Å². The van der Waals surface area contributed by atoms with E-state index in [1.165, 1.54) is 32.1 Å². The van der Waals surface area contributed by atoms with Gasteiger partial charge in [-0.15, -0.1) is 0 Å². The second-order valence-electron chi connectivity index (χ2n) is 5.93. The van der Waals surface area contributed by atoms with Gasteiger partial charge in [0.15, 0.2) is 0 Å². The van der Waals surface area contributed by atoms with Crippen LogP contribution in [0.3, 0.4) is 0 Å². The van der Waals surface area contributed by atoms with Crippen LogP contribution in [0.4, 0.5) is 0 Å². The van der Waals surface area contributed by atoms with Crippen LogP contribution in [0.25, 0.3) is 0 Å². The topological polar surface area (TPSA) is 32.3 Å². The number of hydrogen-bond donors (Lipinski definition) is 2. The van der Waals surface area contributed by atoms with Gasteiger partial charge >= 0.3 is 0 Å². The van der Waals surface area contributed by atoms with Gasteiger partial charge in [-0.05, 0) is 38.5 Å². The van der Waals surface area contributed by atoms with Crippen molar-refractivity contribution in [3.8, 4) is 0 Å². The van der Waals surface area contributed by atoms with Crippen molar-refractivity contribution in [3.63, 3.8) is 0 Å². The third-order valence-corrected chi connectivity index (χ3v) is 5.78. The molecule has 0 bridgehead atoms. The maximum Gasteiger partial charge on any atom is 0.0613 e. The summed E-state index contributed by atoms with van der Waals surface area (Å²) in [6, 6.07) is 0.703. The van der Waals surface area contributed by atoms with Crippen LogP contribution in [0.15, 0.2) is 0 Å². The summed E-state index contributed by atoms with van der Waals surface area (Å²) < 4.78 is 0. The lowest BCUT2D eigenvalue weighted by Crippen LogP contribution is -2.53. The van der Waals surface area contributed by atoms with Crippen LogP contribution < -0.4 is 5.32 Å². The van der Waals surface area contributed by atoms with E-state index in [9.17, 15) is 5.11 Å². The minimum absolute atomic E-state index is 0.0462.